The summed E-state index contributed by atoms with van der Waals surface area (Å²) in [6.07, 6.45) is -5.47. The molecule has 7 heteroatoms. The molecule has 1 rings (SSSR count). The van der Waals surface area contributed by atoms with Crippen molar-refractivity contribution in [3.63, 3.8) is 0 Å². The highest BCUT2D eigenvalue weighted by molar-refractivity contribution is 5.42. The molecule has 0 aliphatic heterocycles. The summed E-state index contributed by atoms with van der Waals surface area (Å²) in [5.74, 6) is -0.307. The van der Waals surface area contributed by atoms with Gasteiger partial charge in [-0.2, -0.15) is 13.2 Å². The van der Waals surface area contributed by atoms with E-state index in [0.717, 1.165) is 6.07 Å². The molecule has 0 saturated heterocycles. The number of halogens is 3. The summed E-state index contributed by atoms with van der Waals surface area (Å²) in [5.41, 5.74) is -0.932. The summed E-state index contributed by atoms with van der Waals surface area (Å²) in [5, 5.41) is 17.8. The van der Waals surface area contributed by atoms with Crippen LogP contribution in [0.25, 0.3) is 0 Å². The number of aliphatic hydroxyl groups excluding tert-OH is 2. The molecule has 1 aromatic carbocycles. The normalized spacial score (nSPS) is 14.6. The van der Waals surface area contributed by atoms with E-state index in [0.29, 0.717) is 6.42 Å². The molecule has 0 amide bonds. The van der Waals surface area contributed by atoms with Crippen LogP contribution in [0.1, 0.15) is 25.8 Å². The maximum absolute atomic E-state index is 13.0. The van der Waals surface area contributed by atoms with Crippen molar-refractivity contribution in [3.05, 3.63) is 23.8 Å². The lowest BCUT2D eigenvalue weighted by molar-refractivity contribution is -0.139. The minimum Gasteiger partial charge on any atom is -0.491 e. The third-order valence-electron chi connectivity index (χ3n) is 2.81. The zero-order chi connectivity index (χ0) is 16.0. The van der Waals surface area contributed by atoms with Crippen LogP contribution in [0.3, 0.4) is 0 Å². The van der Waals surface area contributed by atoms with E-state index in [9.17, 15) is 13.2 Å². The molecule has 2 N–H and O–H groups in total. The van der Waals surface area contributed by atoms with Gasteiger partial charge in [0.25, 0.3) is 0 Å². The van der Waals surface area contributed by atoms with E-state index in [1.54, 1.807) is 6.92 Å². The largest absolute Gasteiger partial charge is 0.491 e. The summed E-state index contributed by atoms with van der Waals surface area (Å²) < 4.78 is 49.3. The third-order valence-corrected chi connectivity index (χ3v) is 2.81. The summed E-state index contributed by atoms with van der Waals surface area (Å²) in [6.45, 7) is 2.68. The first-order valence-corrected chi connectivity index (χ1v) is 6.57. The van der Waals surface area contributed by atoms with Crippen LogP contribution in [-0.4, -0.2) is 35.6 Å². The molecular weight excluding hydrogens is 289 g/mol. The van der Waals surface area contributed by atoms with Gasteiger partial charge >= 0.3 is 6.18 Å². The first-order chi connectivity index (χ1) is 9.77. The van der Waals surface area contributed by atoms with Crippen molar-refractivity contribution in [2.75, 3.05) is 13.2 Å². The smallest absolute Gasteiger partial charge is 0.420 e. The number of benzene rings is 1. The Morgan fingerprint density at radius 2 is 1.95 bits per heavy atom. The standard InChI is InChI=1S/C14H19F3O4/c1-3-9(2)21-13-5-4-11(20-8-10(19)7-18)6-12(13)14(15,16)17/h4-6,9-10,18-19H,3,7-8H2,1-2H3. The van der Waals surface area contributed by atoms with Crippen LogP contribution in [-0.2, 0) is 6.18 Å². The maximum atomic E-state index is 13.0. The average Bonchev–Trinajstić information content (AvgIpc) is 2.44. The molecule has 0 saturated carbocycles. The predicted molar refractivity (Wildman–Crippen MR) is 70.4 cm³/mol. The van der Waals surface area contributed by atoms with E-state index in [2.05, 4.69) is 0 Å². The number of hydrogen-bond acceptors (Lipinski definition) is 4. The highest BCUT2D eigenvalue weighted by atomic mass is 19.4. The number of aliphatic hydroxyl groups is 2. The van der Waals surface area contributed by atoms with E-state index in [-0.39, 0.29) is 24.2 Å². The molecule has 2 atom stereocenters. The fraction of sp³-hybridized carbons (Fsp3) is 0.571. The lowest BCUT2D eigenvalue weighted by atomic mass is 10.1. The van der Waals surface area contributed by atoms with Crippen LogP contribution in [0.15, 0.2) is 18.2 Å². The molecular formula is C14H19F3O4. The Bertz CT molecular complexity index is 448. The van der Waals surface area contributed by atoms with Gasteiger partial charge in [0.05, 0.1) is 12.7 Å². The van der Waals surface area contributed by atoms with Gasteiger partial charge in [-0.05, 0) is 31.5 Å². The molecule has 1 aromatic rings. The van der Waals surface area contributed by atoms with Crippen LogP contribution in [0.4, 0.5) is 13.2 Å². The van der Waals surface area contributed by atoms with Crippen LogP contribution in [0.5, 0.6) is 11.5 Å². The quantitative estimate of drug-likeness (QED) is 0.813. The van der Waals surface area contributed by atoms with Crippen molar-refractivity contribution >= 4 is 0 Å². The Hall–Kier alpha value is -1.47. The molecule has 21 heavy (non-hydrogen) atoms. The molecule has 0 heterocycles. The summed E-state index contributed by atoms with van der Waals surface area (Å²) in [4.78, 5) is 0. The third kappa shape index (κ3) is 5.43. The summed E-state index contributed by atoms with van der Waals surface area (Å²) >= 11 is 0. The molecule has 0 spiro atoms. The zero-order valence-corrected chi connectivity index (χ0v) is 11.9. The van der Waals surface area contributed by atoms with Crippen LogP contribution in [0.2, 0.25) is 0 Å². The van der Waals surface area contributed by atoms with E-state index in [1.807, 2.05) is 6.92 Å². The zero-order valence-electron chi connectivity index (χ0n) is 11.9. The highest BCUT2D eigenvalue weighted by Gasteiger charge is 2.35. The first kappa shape index (κ1) is 17.6. The fourth-order valence-electron chi connectivity index (χ4n) is 1.47. The highest BCUT2D eigenvalue weighted by Crippen LogP contribution is 2.39. The number of hydrogen-bond donors (Lipinski definition) is 2. The van der Waals surface area contributed by atoms with E-state index < -0.39 is 24.5 Å². The molecule has 4 nitrogen and oxygen atoms in total. The number of rotatable bonds is 7. The minimum atomic E-state index is -4.57. The fourth-order valence-corrected chi connectivity index (χ4v) is 1.47. The van der Waals surface area contributed by atoms with Crippen molar-refractivity contribution in [2.45, 2.75) is 38.7 Å². The van der Waals surface area contributed by atoms with Crippen LogP contribution in [0, 0.1) is 0 Å². The maximum Gasteiger partial charge on any atom is 0.420 e. The lowest BCUT2D eigenvalue weighted by Crippen LogP contribution is -2.21. The Labute approximate surface area is 121 Å². The van der Waals surface area contributed by atoms with Gasteiger partial charge in [0.1, 0.15) is 29.8 Å². The van der Waals surface area contributed by atoms with Gasteiger partial charge in [-0.1, -0.05) is 6.92 Å². The molecule has 0 aliphatic rings. The van der Waals surface area contributed by atoms with Gasteiger partial charge in [-0.25, -0.2) is 0 Å². The van der Waals surface area contributed by atoms with Crippen molar-refractivity contribution in [1.82, 2.24) is 0 Å². The molecule has 2 unspecified atom stereocenters. The Morgan fingerprint density at radius 1 is 1.29 bits per heavy atom. The molecule has 0 aliphatic carbocycles. The second-order valence-corrected chi connectivity index (χ2v) is 4.64. The lowest BCUT2D eigenvalue weighted by Gasteiger charge is -2.19. The van der Waals surface area contributed by atoms with E-state index in [4.69, 9.17) is 19.7 Å². The Morgan fingerprint density at radius 3 is 2.48 bits per heavy atom. The second kappa shape index (κ2) is 7.51. The van der Waals surface area contributed by atoms with Crippen LogP contribution < -0.4 is 9.47 Å². The van der Waals surface area contributed by atoms with E-state index >= 15 is 0 Å². The predicted octanol–water partition coefficient (Wildman–Crippen LogP) is 2.61. The summed E-state index contributed by atoms with van der Waals surface area (Å²) in [7, 11) is 0. The molecule has 0 radical (unpaired) electrons. The molecule has 0 aromatic heterocycles. The van der Waals surface area contributed by atoms with Crippen molar-refractivity contribution < 1.29 is 32.9 Å². The van der Waals surface area contributed by atoms with Gasteiger partial charge in [0.2, 0.25) is 0 Å². The second-order valence-electron chi connectivity index (χ2n) is 4.64. The molecule has 0 fully saturated rings. The van der Waals surface area contributed by atoms with Crippen molar-refractivity contribution in [3.8, 4) is 11.5 Å². The first-order valence-electron chi connectivity index (χ1n) is 6.57. The van der Waals surface area contributed by atoms with Gasteiger partial charge in [0.15, 0.2) is 0 Å². The molecule has 120 valence electrons. The van der Waals surface area contributed by atoms with Gasteiger partial charge < -0.3 is 19.7 Å². The summed E-state index contributed by atoms with van der Waals surface area (Å²) in [6, 6.07) is 3.34. The van der Waals surface area contributed by atoms with Crippen molar-refractivity contribution in [2.24, 2.45) is 0 Å². The molecule has 0 bridgehead atoms. The van der Waals surface area contributed by atoms with Gasteiger partial charge in [-0.15, -0.1) is 0 Å². The topological polar surface area (TPSA) is 58.9 Å². The number of alkyl halides is 3. The van der Waals surface area contributed by atoms with Gasteiger partial charge in [-0.3, -0.25) is 0 Å². The minimum absolute atomic E-state index is 0.0497. The average molecular weight is 308 g/mol. The SMILES string of the molecule is CCC(C)Oc1ccc(OCC(O)CO)cc1C(F)(F)F. The Kier molecular flexibility index (Phi) is 6.29. The monoisotopic (exact) mass is 308 g/mol. The van der Waals surface area contributed by atoms with Crippen molar-refractivity contribution in [1.29, 1.82) is 0 Å². The van der Waals surface area contributed by atoms with Crippen LogP contribution >= 0.6 is 0 Å². The Balaban J connectivity index is 2.96. The van der Waals surface area contributed by atoms with Gasteiger partial charge in [0, 0.05) is 0 Å². The number of ether oxygens (including phenoxy) is 2. The van der Waals surface area contributed by atoms with E-state index in [1.165, 1.54) is 12.1 Å².